The fourth-order valence-corrected chi connectivity index (χ4v) is 3.47. The Hall–Kier alpha value is -3.71. The van der Waals surface area contributed by atoms with Crippen molar-refractivity contribution in [3.63, 3.8) is 0 Å². The molecule has 0 spiro atoms. The van der Waals surface area contributed by atoms with Crippen molar-refractivity contribution >= 4 is 12.0 Å². The average molecular weight is 475 g/mol. The molecule has 1 amide bonds. The summed E-state index contributed by atoms with van der Waals surface area (Å²) in [6.07, 6.45) is -1.52. The molecule has 10 heteroatoms. The summed E-state index contributed by atoms with van der Waals surface area (Å²) in [7, 11) is 1.50. The van der Waals surface area contributed by atoms with E-state index in [1.165, 1.54) is 25.3 Å². The van der Waals surface area contributed by atoms with Crippen LogP contribution in [0.1, 0.15) is 11.1 Å². The van der Waals surface area contributed by atoms with Crippen LogP contribution in [-0.2, 0) is 11.3 Å². The summed E-state index contributed by atoms with van der Waals surface area (Å²) < 4.78 is 51.3. The van der Waals surface area contributed by atoms with Gasteiger partial charge in [-0.3, -0.25) is 9.69 Å². The number of carbonyl (C=O) groups is 1. The lowest BCUT2D eigenvalue weighted by molar-refractivity contribution is -0.274. The van der Waals surface area contributed by atoms with E-state index in [0.717, 1.165) is 11.1 Å². The Morgan fingerprint density at radius 3 is 2.41 bits per heavy atom. The number of piperazine rings is 1. The van der Waals surface area contributed by atoms with E-state index in [1.807, 2.05) is 6.07 Å². The van der Waals surface area contributed by atoms with Crippen LogP contribution in [0.4, 0.5) is 13.2 Å². The second kappa shape index (κ2) is 11.4. The minimum Gasteiger partial charge on any atom is -0.493 e. The minimum atomic E-state index is -4.71. The Balaban J connectivity index is 1.49. The molecular weight excluding hydrogens is 451 g/mol. The third kappa shape index (κ3) is 7.42. The highest BCUT2D eigenvalue weighted by Crippen LogP contribution is 2.28. The van der Waals surface area contributed by atoms with Crippen LogP contribution in [-0.4, -0.2) is 62.0 Å². The van der Waals surface area contributed by atoms with Gasteiger partial charge < -0.3 is 19.1 Å². The summed E-state index contributed by atoms with van der Waals surface area (Å²) in [5.41, 5.74) is 1.62. The summed E-state index contributed by atoms with van der Waals surface area (Å²) in [6.45, 7) is 2.88. The Morgan fingerprint density at radius 1 is 1.09 bits per heavy atom. The monoisotopic (exact) mass is 475 g/mol. The van der Waals surface area contributed by atoms with Crippen LogP contribution in [0.3, 0.4) is 0 Å². The van der Waals surface area contributed by atoms with Crippen molar-refractivity contribution in [1.29, 1.82) is 5.26 Å². The number of hydrogen-bond donors (Lipinski definition) is 0. The smallest absolute Gasteiger partial charge is 0.493 e. The van der Waals surface area contributed by atoms with Gasteiger partial charge in [-0.25, -0.2) is 0 Å². The molecule has 1 aliphatic heterocycles. The fourth-order valence-electron chi connectivity index (χ4n) is 3.47. The van der Waals surface area contributed by atoms with E-state index in [4.69, 9.17) is 14.7 Å². The molecule has 2 aromatic rings. The van der Waals surface area contributed by atoms with E-state index in [0.29, 0.717) is 44.2 Å². The molecular formula is C24H24F3N3O4. The Labute approximate surface area is 195 Å². The van der Waals surface area contributed by atoms with Crippen LogP contribution >= 0.6 is 0 Å². The van der Waals surface area contributed by atoms with Gasteiger partial charge in [0.15, 0.2) is 18.1 Å². The predicted molar refractivity (Wildman–Crippen MR) is 118 cm³/mol. The molecule has 0 aliphatic carbocycles. The highest BCUT2D eigenvalue weighted by molar-refractivity contribution is 5.92. The largest absolute Gasteiger partial charge is 0.573 e. The topological polar surface area (TPSA) is 75.0 Å². The van der Waals surface area contributed by atoms with Gasteiger partial charge in [0, 0.05) is 38.8 Å². The molecule has 0 atom stereocenters. The number of halogens is 3. The van der Waals surface area contributed by atoms with E-state index in [9.17, 15) is 18.0 Å². The third-order valence-corrected chi connectivity index (χ3v) is 5.15. The highest BCUT2D eigenvalue weighted by Gasteiger charge is 2.31. The van der Waals surface area contributed by atoms with Crippen LogP contribution in [0.15, 0.2) is 48.5 Å². The van der Waals surface area contributed by atoms with Crippen molar-refractivity contribution in [2.24, 2.45) is 0 Å². The Bertz CT molecular complexity index is 1040. The summed E-state index contributed by atoms with van der Waals surface area (Å²) in [5.74, 6) is 0.556. The lowest BCUT2D eigenvalue weighted by Gasteiger charge is -2.34. The van der Waals surface area contributed by atoms with E-state index in [-0.39, 0.29) is 18.3 Å². The molecule has 1 heterocycles. The molecule has 0 unspecified atom stereocenters. The van der Waals surface area contributed by atoms with E-state index >= 15 is 0 Å². The van der Waals surface area contributed by atoms with Gasteiger partial charge in [0.25, 0.3) is 0 Å². The number of hydrogen-bond acceptors (Lipinski definition) is 6. The van der Waals surface area contributed by atoms with Gasteiger partial charge in [0.2, 0.25) is 5.91 Å². The number of carbonyl (C=O) groups excluding carboxylic acids is 1. The first kappa shape index (κ1) is 24.9. The molecule has 3 rings (SSSR count). The number of benzene rings is 2. The summed E-state index contributed by atoms with van der Waals surface area (Å²) >= 11 is 0. The number of rotatable bonds is 8. The molecule has 7 nitrogen and oxygen atoms in total. The molecule has 0 bridgehead atoms. The summed E-state index contributed by atoms with van der Waals surface area (Å²) in [6, 6.07) is 12.9. The fraction of sp³-hybridized carbons (Fsp3) is 0.333. The number of amides is 1. The zero-order valence-electron chi connectivity index (χ0n) is 18.5. The maximum atomic E-state index is 12.6. The van der Waals surface area contributed by atoms with Crippen molar-refractivity contribution in [2.45, 2.75) is 12.9 Å². The molecule has 1 saturated heterocycles. The number of methoxy groups -OCH3 is 1. The zero-order chi connectivity index (χ0) is 24.6. The second-order valence-electron chi connectivity index (χ2n) is 7.48. The minimum absolute atomic E-state index is 0.0895. The standard InChI is InChI=1S/C24H24F3N3O4/c1-32-22-16-18(4-8-21(22)33-15-10-28)5-9-23(31)30-13-11-29(12-14-30)17-19-2-6-20(7-3-19)34-24(25,26)27/h2-9,16H,11-15,17H2,1H3/b9-5+. The zero-order valence-corrected chi connectivity index (χ0v) is 18.5. The first-order valence-electron chi connectivity index (χ1n) is 10.5. The SMILES string of the molecule is COc1cc(/C=C/C(=O)N2CCN(Cc3ccc(OC(F)(F)F)cc3)CC2)ccc1OCC#N. The van der Waals surface area contributed by atoms with Gasteiger partial charge in [-0.15, -0.1) is 13.2 Å². The van der Waals surface area contributed by atoms with Crippen molar-refractivity contribution in [3.8, 4) is 23.3 Å². The molecule has 2 aromatic carbocycles. The molecule has 34 heavy (non-hydrogen) atoms. The maximum Gasteiger partial charge on any atom is 0.573 e. The second-order valence-corrected chi connectivity index (χ2v) is 7.48. The number of nitrogens with zero attached hydrogens (tertiary/aromatic N) is 3. The normalized spacial score (nSPS) is 14.6. The molecule has 0 aromatic heterocycles. The lowest BCUT2D eigenvalue weighted by Crippen LogP contribution is -2.47. The van der Waals surface area contributed by atoms with E-state index < -0.39 is 6.36 Å². The maximum absolute atomic E-state index is 12.6. The third-order valence-electron chi connectivity index (χ3n) is 5.15. The molecule has 0 saturated carbocycles. The van der Waals surface area contributed by atoms with Crippen molar-refractivity contribution in [2.75, 3.05) is 39.9 Å². The first-order chi connectivity index (χ1) is 16.3. The number of ether oxygens (including phenoxy) is 3. The van der Waals surface area contributed by atoms with Crippen molar-refractivity contribution in [3.05, 3.63) is 59.7 Å². The van der Waals surface area contributed by atoms with E-state index in [2.05, 4.69) is 9.64 Å². The quantitative estimate of drug-likeness (QED) is 0.540. The van der Waals surface area contributed by atoms with Gasteiger partial charge >= 0.3 is 6.36 Å². The lowest BCUT2D eigenvalue weighted by atomic mass is 10.1. The highest BCUT2D eigenvalue weighted by atomic mass is 19.4. The van der Waals surface area contributed by atoms with Gasteiger partial charge in [-0.1, -0.05) is 18.2 Å². The predicted octanol–water partition coefficient (Wildman–Crippen LogP) is 3.85. The van der Waals surface area contributed by atoms with Crippen molar-refractivity contribution in [1.82, 2.24) is 9.80 Å². The molecule has 0 radical (unpaired) electrons. The van der Waals surface area contributed by atoms with Crippen molar-refractivity contribution < 1.29 is 32.2 Å². The van der Waals surface area contributed by atoms with Crippen LogP contribution < -0.4 is 14.2 Å². The average Bonchev–Trinajstić information content (AvgIpc) is 2.82. The van der Waals surface area contributed by atoms with Gasteiger partial charge in [0.1, 0.15) is 11.8 Å². The first-order valence-corrected chi connectivity index (χ1v) is 10.5. The van der Waals surface area contributed by atoms with Crippen LogP contribution in [0.25, 0.3) is 6.08 Å². The summed E-state index contributed by atoms with van der Waals surface area (Å²) in [5, 5.41) is 8.64. The van der Waals surface area contributed by atoms with E-state index in [1.54, 1.807) is 41.3 Å². The Morgan fingerprint density at radius 2 is 1.79 bits per heavy atom. The van der Waals surface area contributed by atoms with Crippen LogP contribution in [0.2, 0.25) is 0 Å². The van der Waals surface area contributed by atoms with Gasteiger partial charge in [-0.2, -0.15) is 5.26 Å². The van der Waals surface area contributed by atoms with Gasteiger partial charge in [-0.05, 0) is 41.5 Å². The van der Waals surface area contributed by atoms with Crippen LogP contribution in [0.5, 0.6) is 17.2 Å². The number of nitriles is 1. The molecule has 1 fully saturated rings. The molecule has 180 valence electrons. The van der Waals surface area contributed by atoms with Gasteiger partial charge in [0.05, 0.1) is 7.11 Å². The van der Waals surface area contributed by atoms with Crippen LogP contribution in [0, 0.1) is 11.3 Å². The molecule has 0 N–H and O–H groups in total. The molecule has 1 aliphatic rings. The number of alkyl halides is 3. The summed E-state index contributed by atoms with van der Waals surface area (Å²) in [4.78, 5) is 16.5. The Kier molecular flexibility index (Phi) is 8.38.